The molecule has 0 unspecified atom stereocenters. The lowest BCUT2D eigenvalue weighted by molar-refractivity contribution is -0.138. The average Bonchev–Trinajstić information content (AvgIpc) is 2.78. The molecule has 1 rings (SSSR count). The van der Waals surface area contributed by atoms with E-state index in [1.54, 1.807) is 4.90 Å². The van der Waals surface area contributed by atoms with Crippen molar-refractivity contribution in [3.05, 3.63) is 0 Å². The normalized spacial score (nSPS) is 18.0. The molecule has 0 spiro atoms. The average molecular weight is 241 g/mol. The van der Waals surface area contributed by atoms with Crippen molar-refractivity contribution in [3.63, 3.8) is 0 Å². The molecule has 0 aromatic carbocycles. The number of nitrogens with zero attached hydrogens (tertiary/aromatic N) is 1. The predicted octanol–water partition coefficient (Wildman–Crippen LogP) is 0.370. The molecule has 4 N–H and O–H groups in total. The fraction of sp³-hybridized carbons (Fsp3) is 0.833. The van der Waals surface area contributed by atoms with Crippen LogP contribution in [0.5, 0.6) is 0 Å². The molecule has 1 atom stereocenters. The van der Waals surface area contributed by atoms with Crippen LogP contribution in [0.4, 0.5) is 0 Å². The summed E-state index contributed by atoms with van der Waals surface area (Å²) >= 11 is 0. The van der Waals surface area contributed by atoms with E-state index in [0.29, 0.717) is 6.42 Å². The molecule has 5 heteroatoms. The maximum absolute atomic E-state index is 12.1. The first-order valence-electron chi connectivity index (χ1n) is 6.40. The Balaban J connectivity index is 2.67. The van der Waals surface area contributed by atoms with E-state index in [0.717, 1.165) is 32.1 Å². The standard InChI is InChI=1S/C12H23N3O2/c1-2-5-10(13)12(17)15(8-11(14)16)9-6-3-4-7-9/h9-10H,2-8,13H2,1H3,(H2,14,16)/t10-/m1/s1. The SMILES string of the molecule is CCC[C@@H](N)C(=O)N(CC(N)=O)C1CCCC1. The Bertz CT molecular complexity index is 275. The second-order valence-electron chi connectivity index (χ2n) is 4.77. The number of primary amides is 1. The van der Waals surface area contributed by atoms with Gasteiger partial charge < -0.3 is 16.4 Å². The van der Waals surface area contributed by atoms with Crippen LogP contribution in [0.15, 0.2) is 0 Å². The molecular formula is C12H23N3O2. The Morgan fingerprint density at radius 1 is 1.35 bits per heavy atom. The van der Waals surface area contributed by atoms with Crippen LogP contribution in [0.2, 0.25) is 0 Å². The molecule has 2 amide bonds. The van der Waals surface area contributed by atoms with Crippen LogP contribution in [-0.2, 0) is 9.59 Å². The van der Waals surface area contributed by atoms with Gasteiger partial charge >= 0.3 is 0 Å². The first-order valence-corrected chi connectivity index (χ1v) is 6.40. The second-order valence-corrected chi connectivity index (χ2v) is 4.77. The Labute approximate surface area is 103 Å². The Morgan fingerprint density at radius 3 is 2.41 bits per heavy atom. The summed E-state index contributed by atoms with van der Waals surface area (Å²) in [5.41, 5.74) is 11.0. The number of hydrogen-bond acceptors (Lipinski definition) is 3. The molecule has 1 saturated carbocycles. The molecule has 1 fully saturated rings. The molecule has 0 bridgehead atoms. The van der Waals surface area contributed by atoms with E-state index < -0.39 is 11.9 Å². The zero-order valence-corrected chi connectivity index (χ0v) is 10.5. The Kier molecular flexibility index (Phi) is 5.41. The summed E-state index contributed by atoms with van der Waals surface area (Å²) in [5, 5.41) is 0. The number of carbonyl (C=O) groups excluding carboxylic acids is 2. The van der Waals surface area contributed by atoms with E-state index in [1.165, 1.54) is 0 Å². The van der Waals surface area contributed by atoms with Gasteiger partial charge in [-0.2, -0.15) is 0 Å². The molecule has 0 aliphatic heterocycles. The third-order valence-electron chi connectivity index (χ3n) is 3.29. The molecule has 1 aliphatic carbocycles. The maximum Gasteiger partial charge on any atom is 0.240 e. The Hall–Kier alpha value is -1.10. The van der Waals surface area contributed by atoms with Gasteiger partial charge in [-0.25, -0.2) is 0 Å². The van der Waals surface area contributed by atoms with Gasteiger partial charge in [0.15, 0.2) is 0 Å². The molecule has 0 saturated heterocycles. The van der Waals surface area contributed by atoms with Crippen LogP contribution in [0.3, 0.4) is 0 Å². The molecule has 0 aromatic rings. The highest BCUT2D eigenvalue weighted by Gasteiger charge is 2.30. The summed E-state index contributed by atoms with van der Waals surface area (Å²) in [6, 6.07) is -0.349. The van der Waals surface area contributed by atoms with Crippen LogP contribution in [-0.4, -0.2) is 35.3 Å². The van der Waals surface area contributed by atoms with Gasteiger partial charge in [-0.1, -0.05) is 26.2 Å². The first-order chi connectivity index (χ1) is 8.06. The minimum Gasteiger partial charge on any atom is -0.368 e. The number of nitrogens with two attached hydrogens (primary N) is 2. The first kappa shape index (κ1) is 14.0. The van der Waals surface area contributed by atoms with Crippen LogP contribution in [0.25, 0.3) is 0 Å². The van der Waals surface area contributed by atoms with Crippen molar-refractivity contribution in [2.24, 2.45) is 11.5 Å². The van der Waals surface area contributed by atoms with E-state index in [1.807, 2.05) is 6.92 Å². The largest absolute Gasteiger partial charge is 0.368 e. The van der Waals surface area contributed by atoms with Crippen molar-refractivity contribution in [1.82, 2.24) is 4.90 Å². The molecular weight excluding hydrogens is 218 g/mol. The van der Waals surface area contributed by atoms with Gasteiger partial charge in [0, 0.05) is 6.04 Å². The van der Waals surface area contributed by atoms with Crippen molar-refractivity contribution in [3.8, 4) is 0 Å². The van der Waals surface area contributed by atoms with E-state index in [4.69, 9.17) is 11.5 Å². The van der Waals surface area contributed by atoms with Crippen molar-refractivity contribution in [2.75, 3.05) is 6.54 Å². The van der Waals surface area contributed by atoms with E-state index in [-0.39, 0.29) is 18.5 Å². The van der Waals surface area contributed by atoms with E-state index in [2.05, 4.69) is 0 Å². The zero-order valence-electron chi connectivity index (χ0n) is 10.5. The number of carbonyl (C=O) groups is 2. The minimum absolute atomic E-state index is 0.000907. The van der Waals surface area contributed by atoms with Crippen molar-refractivity contribution in [2.45, 2.75) is 57.5 Å². The van der Waals surface area contributed by atoms with Crippen LogP contribution in [0, 0.1) is 0 Å². The fourth-order valence-electron chi connectivity index (χ4n) is 2.42. The van der Waals surface area contributed by atoms with Gasteiger partial charge in [0.05, 0.1) is 12.6 Å². The van der Waals surface area contributed by atoms with Gasteiger partial charge in [-0.15, -0.1) is 0 Å². The molecule has 0 heterocycles. The van der Waals surface area contributed by atoms with Crippen LogP contribution < -0.4 is 11.5 Å². The van der Waals surface area contributed by atoms with E-state index in [9.17, 15) is 9.59 Å². The highest BCUT2D eigenvalue weighted by atomic mass is 16.2. The van der Waals surface area contributed by atoms with Crippen LogP contribution >= 0.6 is 0 Å². The molecule has 0 radical (unpaired) electrons. The molecule has 5 nitrogen and oxygen atoms in total. The second kappa shape index (κ2) is 6.59. The lowest BCUT2D eigenvalue weighted by Gasteiger charge is -2.30. The van der Waals surface area contributed by atoms with Crippen molar-refractivity contribution < 1.29 is 9.59 Å². The fourth-order valence-corrected chi connectivity index (χ4v) is 2.42. The van der Waals surface area contributed by atoms with E-state index >= 15 is 0 Å². The highest BCUT2D eigenvalue weighted by molar-refractivity contribution is 5.87. The zero-order chi connectivity index (χ0) is 12.8. The lowest BCUT2D eigenvalue weighted by atomic mass is 10.1. The van der Waals surface area contributed by atoms with Crippen molar-refractivity contribution in [1.29, 1.82) is 0 Å². The number of amides is 2. The monoisotopic (exact) mass is 241 g/mol. The third kappa shape index (κ3) is 4.00. The van der Waals surface area contributed by atoms with Gasteiger partial charge in [0.1, 0.15) is 0 Å². The molecule has 0 aromatic heterocycles. The van der Waals surface area contributed by atoms with Gasteiger partial charge in [0.2, 0.25) is 11.8 Å². The lowest BCUT2D eigenvalue weighted by Crippen LogP contribution is -2.50. The maximum atomic E-state index is 12.1. The van der Waals surface area contributed by atoms with Gasteiger partial charge in [0.25, 0.3) is 0 Å². The summed E-state index contributed by atoms with van der Waals surface area (Å²) in [5.74, 6) is -0.591. The predicted molar refractivity (Wildman–Crippen MR) is 66.0 cm³/mol. The summed E-state index contributed by atoms with van der Waals surface area (Å²) in [7, 11) is 0. The third-order valence-corrected chi connectivity index (χ3v) is 3.29. The van der Waals surface area contributed by atoms with Crippen molar-refractivity contribution >= 4 is 11.8 Å². The molecule has 17 heavy (non-hydrogen) atoms. The minimum atomic E-state index is -0.500. The summed E-state index contributed by atoms with van der Waals surface area (Å²) in [6.45, 7) is 1.99. The number of hydrogen-bond donors (Lipinski definition) is 2. The van der Waals surface area contributed by atoms with Gasteiger partial charge in [-0.05, 0) is 19.3 Å². The smallest absolute Gasteiger partial charge is 0.240 e. The quantitative estimate of drug-likeness (QED) is 0.704. The summed E-state index contributed by atoms with van der Waals surface area (Å²) < 4.78 is 0. The molecule has 98 valence electrons. The van der Waals surface area contributed by atoms with Gasteiger partial charge in [-0.3, -0.25) is 9.59 Å². The summed E-state index contributed by atoms with van der Waals surface area (Å²) in [6.07, 6.45) is 5.64. The topological polar surface area (TPSA) is 89.4 Å². The number of rotatable bonds is 6. The summed E-state index contributed by atoms with van der Waals surface area (Å²) in [4.78, 5) is 24.8. The van der Waals surface area contributed by atoms with Crippen LogP contribution in [0.1, 0.15) is 45.4 Å². The highest BCUT2D eigenvalue weighted by Crippen LogP contribution is 2.24. The molecule has 1 aliphatic rings. The Morgan fingerprint density at radius 2 is 1.94 bits per heavy atom.